The van der Waals surface area contributed by atoms with E-state index in [1.165, 1.54) is 13.2 Å². The van der Waals surface area contributed by atoms with Gasteiger partial charge in [0, 0.05) is 24.2 Å². The Kier molecular flexibility index (Phi) is 7.81. The third kappa shape index (κ3) is 5.77. The number of fused-ring (bicyclic) bond motifs is 1. The van der Waals surface area contributed by atoms with E-state index in [9.17, 15) is 13.6 Å². The molecule has 0 saturated heterocycles. The molecule has 0 aliphatic heterocycles. The van der Waals surface area contributed by atoms with Crippen molar-refractivity contribution in [1.82, 2.24) is 14.9 Å². The van der Waals surface area contributed by atoms with Crippen LogP contribution in [0, 0.1) is 11.6 Å². The molecule has 4 rings (SSSR count). The summed E-state index contributed by atoms with van der Waals surface area (Å²) in [7, 11) is 1.44. The summed E-state index contributed by atoms with van der Waals surface area (Å²) in [6, 6.07) is 14.7. The van der Waals surface area contributed by atoms with Gasteiger partial charge in [-0.2, -0.15) is 0 Å². The Labute approximate surface area is 213 Å². The molecule has 37 heavy (non-hydrogen) atoms. The SMILES string of the molecule is CO/N=C(\C)c1c(C(=O)NCc2ccc(F)c(F)c2)c2ccc(OC(C)C)cc2n1Cc1ccccn1. The minimum absolute atomic E-state index is 0.0113. The molecule has 0 aliphatic carbocycles. The highest BCUT2D eigenvalue weighted by atomic mass is 19.2. The van der Waals surface area contributed by atoms with Crippen LogP contribution in [-0.2, 0) is 17.9 Å². The first kappa shape index (κ1) is 25.8. The van der Waals surface area contributed by atoms with Gasteiger partial charge in [-0.1, -0.05) is 17.3 Å². The van der Waals surface area contributed by atoms with Crippen molar-refractivity contribution >= 4 is 22.5 Å². The Morgan fingerprint density at radius 3 is 2.59 bits per heavy atom. The van der Waals surface area contributed by atoms with Crippen LogP contribution < -0.4 is 10.1 Å². The number of rotatable bonds is 9. The van der Waals surface area contributed by atoms with Crippen molar-refractivity contribution < 1.29 is 23.1 Å². The molecule has 0 spiro atoms. The number of hydrogen-bond acceptors (Lipinski definition) is 5. The van der Waals surface area contributed by atoms with Gasteiger partial charge in [0.05, 0.1) is 35.1 Å². The lowest BCUT2D eigenvalue weighted by molar-refractivity contribution is 0.0952. The van der Waals surface area contributed by atoms with Gasteiger partial charge in [-0.3, -0.25) is 9.78 Å². The molecule has 0 saturated carbocycles. The molecule has 2 aromatic carbocycles. The van der Waals surface area contributed by atoms with Crippen LogP contribution >= 0.6 is 0 Å². The minimum Gasteiger partial charge on any atom is -0.491 e. The zero-order valence-corrected chi connectivity index (χ0v) is 21.1. The number of carbonyl (C=O) groups is 1. The van der Waals surface area contributed by atoms with E-state index >= 15 is 0 Å². The molecule has 1 amide bonds. The summed E-state index contributed by atoms with van der Waals surface area (Å²) in [5.41, 5.74) is 3.38. The summed E-state index contributed by atoms with van der Waals surface area (Å²) in [4.78, 5) is 23.1. The molecule has 9 heteroatoms. The first-order valence-electron chi connectivity index (χ1n) is 11.8. The van der Waals surface area contributed by atoms with Crippen molar-refractivity contribution in [2.45, 2.75) is 40.0 Å². The van der Waals surface area contributed by atoms with Crippen LogP contribution in [0.25, 0.3) is 10.9 Å². The number of pyridine rings is 1. The predicted octanol–water partition coefficient (Wildman–Crippen LogP) is 5.45. The lowest BCUT2D eigenvalue weighted by atomic mass is 10.1. The predicted molar refractivity (Wildman–Crippen MR) is 138 cm³/mol. The van der Waals surface area contributed by atoms with E-state index in [1.54, 1.807) is 13.1 Å². The topological polar surface area (TPSA) is 77.7 Å². The number of ether oxygens (including phenoxy) is 1. The Morgan fingerprint density at radius 2 is 1.92 bits per heavy atom. The van der Waals surface area contributed by atoms with E-state index in [0.717, 1.165) is 23.3 Å². The standard InChI is InChI=1S/C28H28F2N4O3/c1-17(2)37-21-9-10-22-25(14-21)34(16-20-7-5-6-12-31-20)27(18(3)33-36-4)26(22)28(35)32-15-19-8-11-23(29)24(30)13-19/h5-14,17H,15-16H2,1-4H3,(H,32,35)/b33-18+. The average Bonchev–Trinajstić information content (AvgIpc) is 3.18. The molecule has 4 aromatic rings. The van der Waals surface area contributed by atoms with E-state index in [1.807, 2.05) is 54.8 Å². The quantitative estimate of drug-likeness (QED) is 0.242. The zero-order valence-electron chi connectivity index (χ0n) is 21.1. The lowest BCUT2D eigenvalue weighted by Gasteiger charge is -2.13. The first-order valence-corrected chi connectivity index (χ1v) is 11.8. The number of hydrogen-bond donors (Lipinski definition) is 1. The molecule has 2 heterocycles. The van der Waals surface area contributed by atoms with Crippen LogP contribution in [0.5, 0.6) is 5.75 Å². The van der Waals surface area contributed by atoms with Crippen LogP contribution in [0.15, 0.2) is 65.9 Å². The molecule has 0 fully saturated rings. The normalized spacial score (nSPS) is 11.7. The van der Waals surface area contributed by atoms with Gasteiger partial charge in [-0.05, 0) is 62.7 Å². The van der Waals surface area contributed by atoms with Gasteiger partial charge in [0.15, 0.2) is 11.6 Å². The summed E-state index contributed by atoms with van der Waals surface area (Å²) < 4.78 is 34.9. The average molecular weight is 507 g/mol. The van der Waals surface area contributed by atoms with Crippen LogP contribution in [0.2, 0.25) is 0 Å². The molecule has 192 valence electrons. The molecule has 0 bridgehead atoms. The lowest BCUT2D eigenvalue weighted by Crippen LogP contribution is -2.25. The highest BCUT2D eigenvalue weighted by Gasteiger charge is 2.26. The van der Waals surface area contributed by atoms with Crippen molar-refractivity contribution in [3.8, 4) is 5.75 Å². The maximum atomic E-state index is 13.7. The fraction of sp³-hybridized carbons (Fsp3) is 0.250. The summed E-state index contributed by atoms with van der Waals surface area (Å²) in [5.74, 6) is -1.66. The highest BCUT2D eigenvalue weighted by molar-refractivity contribution is 6.17. The number of oxime groups is 1. The first-order chi connectivity index (χ1) is 17.8. The fourth-order valence-corrected chi connectivity index (χ4v) is 4.20. The molecule has 0 radical (unpaired) electrons. The summed E-state index contributed by atoms with van der Waals surface area (Å²) in [6.07, 6.45) is 1.67. The molecular formula is C28H28F2N4O3. The Hall–Kier alpha value is -4.27. The molecular weight excluding hydrogens is 478 g/mol. The number of nitrogens with zero attached hydrogens (tertiary/aromatic N) is 3. The van der Waals surface area contributed by atoms with E-state index in [4.69, 9.17) is 9.57 Å². The van der Waals surface area contributed by atoms with E-state index in [-0.39, 0.29) is 12.6 Å². The molecule has 1 N–H and O–H groups in total. The Balaban J connectivity index is 1.85. The van der Waals surface area contributed by atoms with Crippen molar-refractivity contribution in [3.05, 3.63) is 94.9 Å². The summed E-state index contributed by atoms with van der Waals surface area (Å²) in [6.45, 7) is 6.01. The summed E-state index contributed by atoms with van der Waals surface area (Å²) >= 11 is 0. The van der Waals surface area contributed by atoms with Crippen molar-refractivity contribution in [3.63, 3.8) is 0 Å². The maximum Gasteiger partial charge on any atom is 0.254 e. The largest absolute Gasteiger partial charge is 0.491 e. The Bertz CT molecular complexity index is 1450. The highest BCUT2D eigenvalue weighted by Crippen LogP contribution is 2.31. The van der Waals surface area contributed by atoms with Gasteiger partial charge in [-0.15, -0.1) is 0 Å². The zero-order chi connectivity index (χ0) is 26.5. The molecule has 7 nitrogen and oxygen atoms in total. The summed E-state index contributed by atoms with van der Waals surface area (Å²) in [5, 5.41) is 7.63. The number of aromatic nitrogens is 2. The monoisotopic (exact) mass is 506 g/mol. The second kappa shape index (κ2) is 11.2. The van der Waals surface area contributed by atoms with Crippen LogP contribution in [-0.4, -0.2) is 34.4 Å². The van der Waals surface area contributed by atoms with Gasteiger partial charge in [-0.25, -0.2) is 8.78 Å². The third-order valence-corrected chi connectivity index (χ3v) is 5.69. The maximum absolute atomic E-state index is 13.7. The number of benzene rings is 2. The molecule has 2 aromatic heterocycles. The minimum atomic E-state index is -0.972. The number of amides is 1. The van der Waals surface area contributed by atoms with Gasteiger partial charge in [0.2, 0.25) is 0 Å². The van der Waals surface area contributed by atoms with Crippen LogP contribution in [0.4, 0.5) is 8.78 Å². The van der Waals surface area contributed by atoms with Gasteiger partial charge in [0.25, 0.3) is 5.91 Å². The molecule has 0 aliphatic rings. The number of nitrogens with one attached hydrogen (secondary N) is 1. The third-order valence-electron chi connectivity index (χ3n) is 5.69. The second-order valence-corrected chi connectivity index (χ2v) is 8.77. The number of halogens is 2. The van der Waals surface area contributed by atoms with Crippen molar-refractivity contribution in [2.75, 3.05) is 7.11 Å². The number of carbonyl (C=O) groups excluding carboxylic acids is 1. The van der Waals surface area contributed by atoms with E-state index < -0.39 is 17.5 Å². The van der Waals surface area contributed by atoms with Crippen LogP contribution in [0.3, 0.4) is 0 Å². The molecule has 0 atom stereocenters. The van der Waals surface area contributed by atoms with Gasteiger partial charge in [0.1, 0.15) is 18.6 Å². The van der Waals surface area contributed by atoms with Crippen molar-refractivity contribution in [1.29, 1.82) is 0 Å². The fourth-order valence-electron chi connectivity index (χ4n) is 4.20. The molecule has 0 unspecified atom stereocenters. The van der Waals surface area contributed by atoms with Crippen LogP contribution in [0.1, 0.15) is 48.1 Å². The van der Waals surface area contributed by atoms with E-state index in [2.05, 4.69) is 15.5 Å². The second-order valence-electron chi connectivity index (χ2n) is 8.77. The smallest absolute Gasteiger partial charge is 0.254 e. The Morgan fingerprint density at radius 1 is 1.11 bits per heavy atom. The van der Waals surface area contributed by atoms with Gasteiger partial charge >= 0.3 is 0 Å². The van der Waals surface area contributed by atoms with Crippen molar-refractivity contribution in [2.24, 2.45) is 5.16 Å². The van der Waals surface area contributed by atoms with E-state index in [0.29, 0.717) is 40.2 Å². The van der Waals surface area contributed by atoms with Gasteiger partial charge < -0.3 is 19.5 Å².